The number of benzene rings is 2. The molecule has 2 unspecified atom stereocenters. The molecule has 0 N–H and O–H groups in total. The van der Waals surface area contributed by atoms with E-state index in [1.165, 1.54) is 12.0 Å². The van der Waals surface area contributed by atoms with E-state index in [0.29, 0.717) is 25.0 Å². The van der Waals surface area contributed by atoms with E-state index in [-0.39, 0.29) is 36.4 Å². The molecule has 10 heteroatoms. The number of amides is 3. The largest absolute Gasteiger partial charge is 0.469 e. The highest BCUT2D eigenvalue weighted by atomic mass is 19.2. The van der Waals surface area contributed by atoms with E-state index >= 15 is 0 Å². The zero-order valence-corrected chi connectivity index (χ0v) is 19.8. The molecule has 2 aromatic carbocycles. The molecule has 0 radical (unpaired) electrons. The number of imide groups is 1. The molecule has 1 fully saturated rings. The van der Waals surface area contributed by atoms with Gasteiger partial charge in [-0.3, -0.25) is 24.1 Å². The molecule has 2 aliphatic heterocycles. The van der Waals surface area contributed by atoms with Crippen molar-refractivity contribution in [2.45, 2.75) is 57.2 Å². The Hall–Kier alpha value is -3.69. The summed E-state index contributed by atoms with van der Waals surface area (Å²) in [5, 5.41) is 0. The van der Waals surface area contributed by atoms with Crippen LogP contribution in [0.25, 0.3) is 0 Å². The first-order valence-electron chi connectivity index (χ1n) is 11.6. The third-order valence-corrected chi connectivity index (χ3v) is 6.91. The van der Waals surface area contributed by atoms with Crippen molar-refractivity contribution >= 4 is 23.7 Å². The highest BCUT2D eigenvalue weighted by Gasteiger charge is 2.42. The maximum Gasteiger partial charge on any atom is 0.307 e. The van der Waals surface area contributed by atoms with Crippen LogP contribution in [0.5, 0.6) is 0 Å². The summed E-state index contributed by atoms with van der Waals surface area (Å²) in [6.07, 6.45) is 1.39. The Morgan fingerprint density at radius 1 is 1.00 bits per heavy atom. The number of halogens is 3. The lowest BCUT2D eigenvalue weighted by Gasteiger charge is -2.31. The predicted octanol–water partition coefficient (Wildman–Crippen LogP) is 4.11. The summed E-state index contributed by atoms with van der Waals surface area (Å²) in [5.41, 5.74) is -0.0750. The molecule has 0 bridgehead atoms. The van der Waals surface area contributed by atoms with Crippen LogP contribution in [0.1, 0.15) is 70.1 Å². The second-order valence-corrected chi connectivity index (χ2v) is 9.08. The first kappa shape index (κ1) is 25.4. The quantitative estimate of drug-likeness (QED) is 0.323. The summed E-state index contributed by atoms with van der Waals surface area (Å²) in [6.45, 7) is 1.77. The summed E-state index contributed by atoms with van der Waals surface area (Å²) in [7, 11) is 1.21. The Labute approximate surface area is 205 Å². The maximum atomic E-state index is 14.3. The molecule has 3 amide bonds. The lowest BCUT2D eigenvalue weighted by molar-refractivity contribution is -0.141. The van der Waals surface area contributed by atoms with Crippen LogP contribution in [0.3, 0.4) is 0 Å². The Kier molecular flexibility index (Phi) is 7.14. The zero-order chi connectivity index (χ0) is 26.1. The summed E-state index contributed by atoms with van der Waals surface area (Å²) < 4.78 is 46.2. The van der Waals surface area contributed by atoms with Gasteiger partial charge in [-0.25, -0.2) is 13.2 Å². The van der Waals surface area contributed by atoms with Crippen molar-refractivity contribution in [2.75, 3.05) is 7.11 Å². The fraction of sp³-hybridized carbons (Fsp3) is 0.385. The number of carbonyl (C=O) groups excluding carboxylic acids is 4. The van der Waals surface area contributed by atoms with E-state index in [1.54, 1.807) is 31.2 Å². The van der Waals surface area contributed by atoms with Gasteiger partial charge in [-0.15, -0.1) is 0 Å². The van der Waals surface area contributed by atoms with E-state index in [4.69, 9.17) is 4.74 Å². The summed E-state index contributed by atoms with van der Waals surface area (Å²) >= 11 is 0. The normalized spacial score (nSPS) is 20.0. The molecule has 2 aromatic rings. The van der Waals surface area contributed by atoms with Gasteiger partial charge < -0.3 is 9.64 Å². The molecule has 2 heterocycles. The monoisotopic (exact) mass is 502 g/mol. The molecular weight excluding hydrogens is 477 g/mol. The summed E-state index contributed by atoms with van der Waals surface area (Å²) in [4.78, 5) is 53.7. The lowest BCUT2D eigenvalue weighted by Crippen LogP contribution is -2.44. The number of methoxy groups -OCH3 is 1. The van der Waals surface area contributed by atoms with E-state index in [9.17, 15) is 32.3 Å². The molecule has 0 aliphatic carbocycles. The van der Waals surface area contributed by atoms with E-state index in [1.807, 2.05) is 0 Å². The molecule has 1 saturated heterocycles. The minimum Gasteiger partial charge on any atom is -0.469 e. The smallest absolute Gasteiger partial charge is 0.307 e. The van der Waals surface area contributed by atoms with Crippen LogP contribution < -0.4 is 0 Å². The Morgan fingerprint density at radius 2 is 1.61 bits per heavy atom. The van der Waals surface area contributed by atoms with E-state index in [0.717, 1.165) is 4.90 Å². The van der Waals surface area contributed by atoms with Gasteiger partial charge >= 0.3 is 5.97 Å². The standard InChI is InChI=1S/C26H25F3N2O5/c1-14-7-8-15(30(14)26(35)19-12-21(28)22(29)13-20(19)27)9-10-16(11-23(32)36-2)31-24(33)17-5-3-4-6-18(17)25(31)34/h3-6,12-16H,7-11H2,1-2H3/t14?,15?,16-/m0/s1. The molecular formula is C26H25F3N2O5. The van der Waals surface area contributed by atoms with Crippen LogP contribution in [-0.2, 0) is 9.53 Å². The van der Waals surface area contributed by atoms with E-state index < -0.39 is 58.8 Å². The number of nitrogens with zero attached hydrogens (tertiary/aromatic N) is 2. The molecule has 36 heavy (non-hydrogen) atoms. The van der Waals surface area contributed by atoms with Crippen LogP contribution >= 0.6 is 0 Å². The third kappa shape index (κ3) is 4.59. The average molecular weight is 502 g/mol. The van der Waals surface area contributed by atoms with Gasteiger partial charge in [-0.05, 0) is 50.8 Å². The molecule has 0 saturated carbocycles. The first-order chi connectivity index (χ1) is 17.1. The van der Waals surface area contributed by atoms with Gasteiger partial charge in [0.2, 0.25) is 0 Å². The average Bonchev–Trinajstić information content (AvgIpc) is 3.35. The first-order valence-corrected chi connectivity index (χ1v) is 11.6. The van der Waals surface area contributed by atoms with Crippen molar-refractivity contribution in [1.29, 1.82) is 0 Å². The number of hydrogen-bond donors (Lipinski definition) is 0. The molecule has 3 atom stereocenters. The second-order valence-electron chi connectivity index (χ2n) is 9.08. The Morgan fingerprint density at radius 3 is 2.22 bits per heavy atom. The highest BCUT2D eigenvalue weighted by Crippen LogP contribution is 2.33. The maximum absolute atomic E-state index is 14.3. The SMILES string of the molecule is COC(=O)C[C@H](CCC1CCC(C)N1C(=O)c1cc(F)c(F)cc1F)N1C(=O)c2ccccc2C1=O. The fourth-order valence-corrected chi connectivity index (χ4v) is 5.07. The fourth-order valence-electron chi connectivity index (χ4n) is 5.07. The van der Waals surface area contributed by atoms with Crippen molar-refractivity contribution in [3.63, 3.8) is 0 Å². The number of ether oxygens (including phenoxy) is 1. The number of hydrogen-bond acceptors (Lipinski definition) is 5. The van der Waals surface area contributed by atoms with Crippen molar-refractivity contribution in [2.24, 2.45) is 0 Å². The van der Waals surface area contributed by atoms with Crippen molar-refractivity contribution in [1.82, 2.24) is 9.80 Å². The molecule has 2 aliphatic rings. The Bertz CT molecular complexity index is 1200. The van der Waals surface area contributed by atoms with Gasteiger partial charge in [0, 0.05) is 18.2 Å². The van der Waals surface area contributed by atoms with Gasteiger partial charge in [-0.1, -0.05) is 12.1 Å². The van der Waals surface area contributed by atoms with Gasteiger partial charge in [0.25, 0.3) is 17.7 Å². The minimum atomic E-state index is -1.39. The minimum absolute atomic E-state index is 0.183. The van der Waals surface area contributed by atoms with Gasteiger partial charge in [0.1, 0.15) is 5.82 Å². The van der Waals surface area contributed by atoms with Crippen LogP contribution in [0.2, 0.25) is 0 Å². The molecule has 0 spiro atoms. The van der Waals surface area contributed by atoms with Gasteiger partial charge in [0.05, 0.1) is 36.3 Å². The summed E-state index contributed by atoms with van der Waals surface area (Å²) in [5.74, 6) is -6.28. The topological polar surface area (TPSA) is 84.0 Å². The van der Waals surface area contributed by atoms with Crippen molar-refractivity contribution < 1.29 is 37.1 Å². The number of fused-ring (bicyclic) bond motifs is 1. The molecule has 190 valence electrons. The molecule has 4 rings (SSSR count). The highest BCUT2D eigenvalue weighted by molar-refractivity contribution is 6.21. The van der Waals surface area contributed by atoms with Gasteiger partial charge in [0.15, 0.2) is 11.6 Å². The zero-order valence-electron chi connectivity index (χ0n) is 19.8. The van der Waals surface area contributed by atoms with Crippen molar-refractivity contribution in [3.8, 4) is 0 Å². The predicted molar refractivity (Wildman–Crippen MR) is 122 cm³/mol. The Balaban J connectivity index is 1.55. The number of likely N-dealkylation sites (tertiary alicyclic amines) is 1. The number of carbonyl (C=O) groups is 4. The molecule has 0 aromatic heterocycles. The van der Waals surface area contributed by atoms with Crippen molar-refractivity contribution in [3.05, 3.63) is 70.5 Å². The summed E-state index contributed by atoms with van der Waals surface area (Å²) in [6, 6.07) is 5.72. The van der Waals surface area contributed by atoms with E-state index in [2.05, 4.69) is 0 Å². The van der Waals surface area contributed by atoms with Crippen LogP contribution in [0, 0.1) is 17.5 Å². The third-order valence-electron chi connectivity index (χ3n) is 6.91. The van der Waals surface area contributed by atoms with Crippen LogP contribution in [0.4, 0.5) is 13.2 Å². The molecule has 7 nitrogen and oxygen atoms in total. The number of rotatable bonds is 7. The second kappa shape index (κ2) is 10.1. The van der Waals surface area contributed by atoms with Crippen LogP contribution in [-0.4, -0.2) is 58.7 Å². The number of esters is 1. The van der Waals surface area contributed by atoms with Crippen LogP contribution in [0.15, 0.2) is 36.4 Å². The van der Waals surface area contributed by atoms with Gasteiger partial charge in [-0.2, -0.15) is 0 Å². The lowest BCUT2D eigenvalue weighted by atomic mass is 10.00.